The summed E-state index contributed by atoms with van der Waals surface area (Å²) < 4.78 is 5.01. The average molecular weight is 268 g/mol. The summed E-state index contributed by atoms with van der Waals surface area (Å²) in [6.45, 7) is 2.27. The lowest BCUT2D eigenvalue weighted by Crippen LogP contribution is -2.14. The second-order valence-corrected chi connectivity index (χ2v) is 6.38. The molecule has 0 unspecified atom stereocenters. The summed E-state index contributed by atoms with van der Waals surface area (Å²) in [4.78, 5) is 0. The molecular weight excluding hydrogens is 244 g/mol. The number of nitrogens with zero attached hydrogens (tertiary/aromatic N) is 2. The lowest BCUT2D eigenvalue weighted by Gasteiger charge is -2.18. The highest BCUT2D eigenvalue weighted by molar-refractivity contribution is 5.26. The van der Waals surface area contributed by atoms with Gasteiger partial charge in [-0.05, 0) is 74.6 Å². The molecule has 0 radical (unpaired) electrons. The molecule has 2 aliphatic rings. The number of aromatic nitrogens is 2. The van der Waals surface area contributed by atoms with Crippen LogP contribution >= 0.6 is 0 Å². The van der Waals surface area contributed by atoms with E-state index in [2.05, 4.69) is 33.7 Å². The first kappa shape index (κ1) is 12.3. The highest BCUT2D eigenvalue weighted by Crippen LogP contribution is 2.24. The highest BCUT2D eigenvalue weighted by atomic mass is 15.0. The summed E-state index contributed by atoms with van der Waals surface area (Å²) in [5, 5.41) is 0. The molecule has 2 heteroatoms. The number of aryl methyl sites for hydroxylation is 4. The lowest BCUT2D eigenvalue weighted by atomic mass is 9.98. The summed E-state index contributed by atoms with van der Waals surface area (Å²) in [5.41, 5.74) is 6.42. The first-order valence-corrected chi connectivity index (χ1v) is 8.25. The van der Waals surface area contributed by atoms with Crippen molar-refractivity contribution in [1.82, 2.24) is 9.13 Å². The van der Waals surface area contributed by atoms with Gasteiger partial charge in [0.05, 0.1) is 0 Å². The number of fused-ring (bicyclic) bond motifs is 2. The molecule has 0 aliphatic heterocycles. The molecular formula is C18H24N2. The van der Waals surface area contributed by atoms with Gasteiger partial charge in [0.25, 0.3) is 0 Å². The smallest absolute Gasteiger partial charge is 0.0402 e. The standard InChI is InChI=1S/C18H24N2/c1-3-7-17-15(5-1)9-11-19(17)13-14-20-12-10-16-6-2-4-8-18(16)20/h9-12H,1-8,13-14H2. The van der Waals surface area contributed by atoms with Gasteiger partial charge in [0.1, 0.15) is 0 Å². The van der Waals surface area contributed by atoms with Gasteiger partial charge in [-0.3, -0.25) is 0 Å². The molecule has 0 saturated heterocycles. The van der Waals surface area contributed by atoms with Crippen LogP contribution in [0.1, 0.15) is 48.2 Å². The van der Waals surface area contributed by atoms with Gasteiger partial charge in [0, 0.05) is 36.9 Å². The zero-order valence-corrected chi connectivity index (χ0v) is 12.3. The maximum Gasteiger partial charge on any atom is 0.0402 e. The molecule has 2 nitrogen and oxygen atoms in total. The van der Waals surface area contributed by atoms with E-state index in [1.807, 2.05) is 0 Å². The molecule has 0 amide bonds. The van der Waals surface area contributed by atoms with Crippen molar-refractivity contribution in [3.05, 3.63) is 47.0 Å². The molecule has 0 aromatic carbocycles. The third-order valence-electron chi connectivity index (χ3n) is 5.15. The van der Waals surface area contributed by atoms with Crippen molar-refractivity contribution in [2.45, 2.75) is 64.5 Å². The van der Waals surface area contributed by atoms with Crippen molar-refractivity contribution in [2.24, 2.45) is 0 Å². The molecule has 20 heavy (non-hydrogen) atoms. The Kier molecular flexibility index (Phi) is 3.17. The second-order valence-electron chi connectivity index (χ2n) is 6.38. The van der Waals surface area contributed by atoms with Gasteiger partial charge in [0.2, 0.25) is 0 Å². The van der Waals surface area contributed by atoms with Crippen LogP contribution in [0.15, 0.2) is 24.5 Å². The minimum Gasteiger partial charge on any atom is -0.349 e. The summed E-state index contributed by atoms with van der Waals surface area (Å²) in [5.74, 6) is 0. The van der Waals surface area contributed by atoms with Gasteiger partial charge < -0.3 is 9.13 Å². The molecule has 0 N–H and O–H groups in total. The van der Waals surface area contributed by atoms with Crippen molar-refractivity contribution >= 4 is 0 Å². The van der Waals surface area contributed by atoms with Crippen LogP contribution in [0.3, 0.4) is 0 Å². The maximum absolute atomic E-state index is 2.50. The first-order chi connectivity index (χ1) is 9.92. The van der Waals surface area contributed by atoms with Gasteiger partial charge in [-0.2, -0.15) is 0 Å². The molecule has 4 rings (SSSR count). The van der Waals surface area contributed by atoms with Crippen molar-refractivity contribution < 1.29 is 0 Å². The van der Waals surface area contributed by atoms with Crippen LogP contribution in [0.25, 0.3) is 0 Å². The van der Waals surface area contributed by atoms with Crippen LogP contribution in [0.4, 0.5) is 0 Å². The van der Waals surface area contributed by atoms with Gasteiger partial charge in [-0.1, -0.05) is 0 Å². The van der Waals surface area contributed by atoms with Crippen molar-refractivity contribution in [2.75, 3.05) is 0 Å². The van der Waals surface area contributed by atoms with Crippen molar-refractivity contribution in [1.29, 1.82) is 0 Å². The fourth-order valence-electron chi connectivity index (χ4n) is 4.01. The van der Waals surface area contributed by atoms with E-state index in [1.54, 1.807) is 22.5 Å². The van der Waals surface area contributed by atoms with Crippen molar-refractivity contribution in [3.63, 3.8) is 0 Å². The second kappa shape index (κ2) is 5.16. The Morgan fingerprint density at radius 2 is 1.10 bits per heavy atom. The highest BCUT2D eigenvalue weighted by Gasteiger charge is 2.15. The lowest BCUT2D eigenvalue weighted by molar-refractivity contribution is 0.525. The van der Waals surface area contributed by atoms with Crippen LogP contribution in [0, 0.1) is 0 Å². The zero-order chi connectivity index (χ0) is 13.4. The van der Waals surface area contributed by atoms with E-state index < -0.39 is 0 Å². The predicted molar refractivity (Wildman–Crippen MR) is 82.1 cm³/mol. The van der Waals surface area contributed by atoms with Crippen LogP contribution in [-0.2, 0) is 38.8 Å². The molecule has 2 heterocycles. The third-order valence-corrected chi connectivity index (χ3v) is 5.15. The van der Waals surface area contributed by atoms with Gasteiger partial charge >= 0.3 is 0 Å². The largest absolute Gasteiger partial charge is 0.349 e. The van der Waals surface area contributed by atoms with Gasteiger partial charge in [0.15, 0.2) is 0 Å². The Morgan fingerprint density at radius 3 is 1.60 bits per heavy atom. The molecule has 0 atom stereocenters. The van der Waals surface area contributed by atoms with Crippen LogP contribution in [-0.4, -0.2) is 9.13 Å². The predicted octanol–water partition coefficient (Wildman–Crippen LogP) is 3.75. The normalized spacial score (nSPS) is 17.8. The Hall–Kier alpha value is -1.44. The SMILES string of the molecule is c1cn(CCn2ccc3c2CCCC3)c2c1CCCC2. The molecule has 2 aliphatic carbocycles. The van der Waals surface area contributed by atoms with E-state index in [0.29, 0.717) is 0 Å². The molecule has 2 aromatic heterocycles. The van der Waals surface area contributed by atoms with E-state index in [4.69, 9.17) is 0 Å². The number of hydrogen-bond donors (Lipinski definition) is 0. The molecule has 0 fully saturated rings. The molecule has 106 valence electrons. The fraction of sp³-hybridized carbons (Fsp3) is 0.556. The zero-order valence-electron chi connectivity index (χ0n) is 12.3. The average Bonchev–Trinajstić information content (AvgIpc) is 3.09. The van der Waals surface area contributed by atoms with E-state index in [1.165, 1.54) is 51.4 Å². The molecule has 0 spiro atoms. The summed E-state index contributed by atoms with van der Waals surface area (Å²) in [6.07, 6.45) is 15.3. The monoisotopic (exact) mass is 268 g/mol. The third kappa shape index (κ3) is 2.11. The Balaban J connectivity index is 1.50. The Bertz CT molecular complexity index is 549. The molecule has 0 saturated carbocycles. The first-order valence-electron chi connectivity index (χ1n) is 8.25. The fourth-order valence-corrected chi connectivity index (χ4v) is 4.01. The Morgan fingerprint density at radius 1 is 0.650 bits per heavy atom. The van der Waals surface area contributed by atoms with E-state index in [9.17, 15) is 0 Å². The summed E-state index contributed by atoms with van der Waals surface area (Å²) in [7, 11) is 0. The molecule has 0 bridgehead atoms. The van der Waals surface area contributed by atoms with Crippen molar-refractivity contribution in [3.8, 4) is 0 Å². The minimum absolute atomic E-state index is 1.14. The van der Waals surface area contributed by atoms with E-state index >= 15 is 0 Å². The van der Waals surface area contributed by atoms with Gasteiger partial charge in [-0.15, -0.1) is 0 Å². The van der Waals surface area contributed by atoms with E-state index in [0.717, 1.165) is 13.1 Å². The topological polar surface area (TPSA) is 9.86 Å². The summed E-state index contributed by atoms with van der Waals surface area (Å²) in [6, 6.07) is 4.69. The van der Waals surface area contributed by atoms with Crippen LogP contribution in [0.2, 0.25) is 0 Å². The Labute approximate surface area is 121 Å². The maximum atomic E-state index is 2.50. The molecule has 2 aromatic rings. The quantitative estimate of drug-likeness (QED) is 0.802. The number of rotatable bonds is 3. The summed E-state index contributed by atoms with van der Waals surface area (Å²) >= 11 is 0. The minimum atomic E-state index is 1.14. The van der Waals surface area contributed by atoms with Crippen LogP contribution in [0.5, 0.6) is 0 Å². The van der Waals surface area contributed by atoms with Gasteiger partial charge in [-0.25, -0.2) is 0 Å². The van der Waals surface area contributed by atoms with Crippen LogP contribution < -0.4 is 0 Å². The van der Waals surface area contributed by atoms with E-state index in [-0.39, 0.29) is 0 Å². The number of hydrogen-bond acceptors (Lipinski definition) is 0.